The van der Waals surface area contributed by atoms with Gasteiger partial charge in [-0.3, -0.25) is 4.68 Å². The zero-order valence-corrected chi connectivity index (χ0v) is 11.7. The van der Waals surface area contributed by atoms with E-state index in [1.807, 2.05) is 11.7 Å². The first-order valence-corrected chi connectivity index (χ1v) is 7.34. The highest BCUT2D eigenvalue weighted by atomic mass is 15.3. The van der Waals surface area contributed by atoms with Gasteiger partial charge in [0.05, 0.1) is 17.9 Å². The van der Waals surface area contributed by atoms with Crippen LogP contribution in [0.2, 0.25) is 0 Å². The summed E-state index contributed by atoms with van der Waals surface area (Å²) in [6, 6.07) is 0.546. The van der Waals surface area contributed by atoms with Crippen LogP contribution in [0.1, 0.15) is 49.1 Å². The molecule has 1 aromatic rings. The van der Waals surface area contributed by atoms with E-state index in [1.54, 1.807) is 0 Å². The van der Waals surface area contributed by atoms with Crippen molar-refractivity contribution >= 4 is 5.96 Å². The number of aryl methyl sites for hydroxylation is 2. The summed E-state index contributed by atoms with van der Waals surface area (Å²) in [4.78, 5) is 4.48. The minimum Gasteiger partial charge on any atom is -0.370 e. The molecule has 2 aliphatic carbocycles. The molecular weight excluding hydrogens is 238 g/mol. The Morgan fingerprint density at radius 3 is 2.89 bits per heavy atom. The summed E-state index contributed by atoms with van der Waals surface area (Å²) in [6.07, 6.45) is 8.53. The quantitative estimate of drug-likeness (QED) is 0.635. The number of aliphatic imine (C=N–C) groups is 1. The van der Waals surface area contributed by atoms with Crippen LogP contribution >= 0.6 is 0 Å². The predicted octanol–water partition coefficient (Wildman–Crippen LogP) is 1.26. The van der Waals surface area contributed by atoms with Gasteiger partial charge in [0.15, 0.2) is 5.96 Å². The van der Waals surface area contributed by atoms with Crippen LogP contribution in [0.3, 0.4) is 0 Å². The Hall–Kier alpha value is -1.52. The second kappa shape index (κ2) is 5.23. The van der Waals surface area contributed by atoms with Crippen molar-refractivity contribution in [3.8, 4) is 0 Å². The SMILES string of the molecule is Cn1nc2c(c1CN=C(N)NC1CCC1)CCCC2. The fraction of sp³-hybridized carbons (Fsp3) is 0.714. The van der Waals surface area contributed by atoms with Crippen LogP contribution in [0.5, 0.6) is 0 Å². The monoisotopic (exact) mass is 261 g/mol. The van der Waals surface area contributed by atoms with Crippen LogP contribution in [-0.2, 0) is 26.4 Å². The van der Waals surface area contributed by atoms with Crippen molar-refractivity contribution in [1.29, 1.82) is 0 Å². The molecule has 0 bridgehead atoms. The van der Waals surface area contributed by atoms with E-state index in [-0.39, 0.29) is 0 Å². The Morgan fingerprint density at radius 2 is 2.16 bits per heavy atom. The van der Waals surface area contributed by atoms with Gasteiger partial charge in [-0.1, -0.05) is 0 Å². The Balaban J connectivity index is 1.68. The first-order valence-electron chi connectivity index (χ1n) is 7.34. The number of rotatable bonds is 3. The molecule has 1 heterocycles. The first kappa shape index (κ1) is 12.5. The summed E-state index contributed by atoms with van der Waals surface area (Å²) in [5, 5.41) is 7.88. The van der Waals surface area contributed by atoms with Crippen LogP contribution in [0.4, 0.5) is 0 Å². The minimum atomic E-state index is 0.546. The molecule has 1 saturated carbocycles. The van der Waals surface area contributed by atoms with E-state index in [9.17, 15) is 0 Å². The van der Waals surface area contributed by atoms with Crippen molar-refractivity contribution in [3.63, 3.8) is 0 Å². The molecule has 0 saturated heterocycles. The van der Waals surface area contributed by atoms with Crippen LogP contribution in [-0.4, -0.2) is 21.8 Å². The summed E-state index contributed by atoms with van der Waals surface area (Å²) < 4.78 is 1.98. The number of nitrogens with one attached hydrogen (secondary N) is 1. The highest BCUT2D eigenvalue weighted by Crippen LogP contribution is 2.24. The van der Waals surface area contributed by atoms with Gasteiger partial charge in [0.1, 0.15) is 0 Å². The Labute approximate surface area is 114 Å². The smallest absolute Gasteiger partial charge is 0.189 e. The molecule has 0 radical (unpaired) electrons. The average Bonchev–Trinajstić information content (AvgIpc) is 2.67. The highest BCUT2D eigenvalue weighted by molar-refractivity contribution is 5.78. The fourth-order valence-corrected chi connectivity index (χ4v) is 2.91. The van der Waals surface area contributed by atoms with Crippen molar-refractivity contribution in [2.45, 2.75) is 57.5 Å². The number of guanidine groups is 1. The van der Waals surface area contributed by atoms with Gasteiger partial charge in [-0.15, -0.1) is 0 Å². The molecule has 0 unspecified atom stereocenters. The molecule has 0 aliphatic heterocycles. The van der Waals surface area contributed by atoms with Gasteiger partial charge in [0.25, 0.3) is 0 Å². The molecule has 5 heteroatoms. The number of fused-ring (bicyclic) bond motifs is 1. The topological polar surface area (TPSA) is 68.2 Å². The number of nitrogens with two attached hydrogens (primary N) is 1. The number of hydrogen-bond donors (Lipinski definition) is 2. The number of aromatic nitrogens is 2. The van der Waals surface area contributed by atoms with Crippen molar-refractivity contribution in [2.75, 3.05) is 0 Å². The number of hydrogen-bond acceptors (Lipinski definition) is 2. The fourth-order valence-electron chi connectivity index (χ4n) is 2.91. The maximum absolute atomic E-state index is 5.94. The molecule has 104 valence electrons. The zero-order valence-electron chi connectivity index (χ0n) is 11.7. The van der Waals surface area contributed by atoms with Gasteiger partial charge in [-0.05, 0) is 50.5 Å². The van der Waals surface area contributed by atoms with E-state index in [1.165, 1.54) is 49.1 Å². The predicted molar refractivity (Wildman–Crippen MR) is 76.0 cm³/mol. The van der Waals surface area contributed by atoms with Crippen molar-refractivity contribution in [2.24, 2.45) is 17.8 Å². The van der Waals surface area contributed by atoms with E-state index in [4.69, 9.17) is 5.73 Å². The molecule has 0 spiro atoms. The average molecular weight is 261 g/mol. The maximum atomic E-state index is 5.94. The normalized spacial score (nSPS) is 19.9. The lowest BCUT2D eigenvalue weighted by Crippen LogP contribution is -2.43. The zero-order chi connectivity index (χ0) is 13.2. The molecule has 0 atom stereocenters. The van der Waals surface area contributed by atoms with E-state index in [0.717, 1.165) is 12.8 Å². The lowest BCUT2D eigenvalue weighted by molar-refractivity contribution is 0.382. The second-order valence-electron chi connectivity index (χ2n) is 5.68. The summed E-state index contributed by atoms with van der Waals surface area (Å²) >= 11 is 0. The lowest BCUT2D eigenvalue weighted by atomic mass is 9.93. The lowest BCUT2D eigenvalue weighted by Gasteiger charge is -2.26. The Bertz CT molecular complexity index is 484. The Kier molecular flexibility index (Phi) is 3.44. The summed E-state index contributed by atoms with van der Waals surface area (Å²) in [5.74, 6) is 0.579. The third-order valence-corrected chi connectivity index (χ3v) is 4.30. The molecule has 0 amide bonds. The van der Waals surface area contributed by atoms with E-state index < -0.39 is 0 Å². The minimum absolute atomic E-state index is 0.546. The molecule has 3 rings (SSSR count). The maximum Gasteiger partial charge on any atom is 0.189 e. The third-order valence-electron chi connectivity index (χ3n) is 4.30. The van der Waals surface area contributed by atoms with Gasteiger partial charge in [-0.2, -0.15) is 5.10 Å². The van der Waals surface area contributed by atoms with E-state index >= 15 is 0 Å². The molecule has 1 aromatic heterocycles. The summed E-state index contributed by atoms with van der Waals surface area (Å²) in [6.45, 7) is 0.643. The third kappa shape index (κ3) is 2.60. The first-order chi connectivity index (χ1) is 9.24. The van der Waals surface area contributed by atoms with Crippen molar-refractivity contribution in [3.05, 3.63) is 17.0 Å². The molecule has 19 heavy (non-hydrogen) atoms. The van der Waals surface area contributed by atoms with Crippen LogP contribution in [0, 0.1) is 0 Å². The van der Waals surface area contributed by atoms with Crippen LogP contribution in [0.25, 0.3) is 0 Å². The molecule has 0 aromatic carbocycles. The van der Waals surface area contributed by atoms with Gasteiger partial charge in [0.2, 0.25) is 0 Å². The Morgan fingerprint density at radius 1 is 1.37 bits per heavy atom. The van der Waals surface area contributed by atoms with Gasteiger partial charge in [0, 0.05) is 13.1 Å². The van der Waals surface area contributed by atoms with Crippen molar-refractivity contribution in [1.82, 2.24) is 15.1 Å². The summed E-state index contributed by atoms with van der Waals surface area (Å²) in [5.41, 5.74) is 9.84. The van der Waals surface area contributed by atoms with Gasteiger partial charge in [-0.25, -0.2) is 4.99 Å². The molecule has 5 nitrogen and oxygen atoms in total. The van der Waals surface area contributed by atoms with Crippen LogP contribution in [0.15, 0.2) is 4.99 Å². The highest BCUT2D eigenvalue weighted by Gasteiger charge is 2.19. The van der Waals surface area contributed by atoms with Gasteiger partial charge >= 0.3 is 0 Å². The van der Waals surface area contributed by atoms with Crippen LogP contribution < -0.4 is 11.1 Å². The van der Waals surface area contributed by atoms with E-state index in [2.05, 4.69) is 15.4 Å². The van der Waals surface area contributed by atoms with Crippen molar-refractivity contribution < 1.29 is 0 Å². The molecule has 2 aliphatic rings. The standard InChI is InChI=1S/C14H23N5/c1-19-13(11-7-2-3-8-12(11)18-19)9-16-14(15)17-10-5-4-6-10/h10H,2-9H2,1H3,(H3,15,16,17). The van der Waals surface area contributed by atoms with Gasteiger partial charge < -0.3 is 11.1 Å². The van der Waals surface area contributed by atoms with E-state index in [0.29, 0.717) is 18.5 Å². The second-order valence-corrected chi connectivity index (χ2v) is 5.68. The molecule has 1 fully saturated rings. The number of nitrogens with zero attached hydrogens (tertiary/aromatic N) is 3. The molecular formula is C14H23N5. The largest absolute Gasteiger partial charge is 0.370 e. The molecule has 3 N–H and O–H groups in total. The summed E-state index contributed by atoms with van der Waals surface area (Å²) in [7, 11) is 2.01.